The first-order chi connectivity index (χ1) is 10.8. The maximum absolute atomic E-state index is 12.0. The van der Waals surface area contributed by atoms with Crippen LogP contribution in [0.25, 0.3) is 22.2 Å². The number of aromatic nitrogens is 2. The molecule has 0 aliphatic rings. The van der Waals surface area contributed by atoms with Gasteiger partial charge in [0.05, 0.1) is 18.4 Å². The summed E-state index contributed by atoms with van der Waals surface area (Å²) in [5, 5.41) is 6.93. The highest BCUT2D eigenvalue weighted by Gasteiger charge is 2.13. The highest BCUT2D eigenvalue weighted by Crippen LogP contribution is 2.27. The summed E-state index contributed by atoms with van der Waals surface area (Å²) >= 11 is 3.18. The smallest absolute Gasteiger partial charge is 0.338 e. The van der Waals surface area contributed by atoms with Crippen LogP contribution in [0, 0.1) is 0 Å². The van der Waals surface area contributed by atoms with Gasteiger partial charge in [-0.1, -0.05) is 0 Å². The van der Waals surface area contributed by atoms with Crippen LogP contribution in [0.4, 0.5) is 0 Å². The molecule has 0 saturated carbocycles. The number of hydrogen-bond acceptors (Lipinski definition) is 6. The Morgan fingerprint density at radius 1 is 1.23 bits per heavy atom. The van der Waals surface area contributed by atoms with Crippen LogP contribution in [0.2, 0.25) is 0 Å². The lowest BCUT2D eigenvalue weighted by atomic mass is 10.1. The molecule has 0 unspecified atom stereocenters. The lowest BCUT2D eigenvalue weighted by molar-refractivity contribution is -0.133. The molecule has 110 valence electrons. The van der Waals surface area contributed by atoms with Crippen molar-refractivity contribution in [2.24, 2.45) is 0 Å². The number of hydrogen-bond donors (Lipinski definition) is 0. The maximum atomic E-state index is 12.0. The third-order valence-corrected chi connectivity index (χ3v) is 4.57. The third kappa shape index (κ3) is 3.13. The molecule has 0 aromatic carbocycles. The topological polar surface area (TPSA) is 52.1 Å². The van der Waals surface area contributed by atoms with Crippen LogP contribution in [-0.2, 0) is 9.53 Å². The summed E-state index contributed by atoms with van der Waals surface area (Å²) in [7, 11) is 1.37. The Hall–Kier alpha value is -2.31. The van der Waals surface area contributed by atoms with E-state index in [0.29, 0.717) is 5.57 Å². The van der Waals surface area contributed by atoms with E-state index in [2.05, 4.69) is 15.3 Å². The van der Waals surface area contributed by atoms with E-state index in [4.69, 9.17) is 4.74 Å². The average molecular weight is 328 g/mol. The van der Waals surface area contributed by atoms with E-state index in [0.717, 1.165) is 21.8 Å². The van der Waals surface area contributed by atoms with Gasteiger partial charge in [0.1, 0.15) is 5.01 Å². The van der Waals surface area contributed by atoms with E-state index in [9.17, 15) is 4.79 Å². The Bertz CT molecular complexity index is 793. The van der Waals surface area contributed by atoms with Gasteiger partial charge in [0.2, 0.25) is 0 Å². The molecule has 3 aromatic heterocycles. The lowest BCUT2D eigenvalue weighted by Gasteiger charge is -2.04. The summed E-state index contributed by atoms with van der Waals surface area (Å²) in [5.41, 5.74) is 3.06. The number of methoxy groups -OCH3 is 1. The number of ether oxygens (including phenoxy) is 1. The van der Waals surface area contributed by atoms with Gasteiger partial charge >= 0.3 is 5.97 Å². The van der Waals surface area contributed by atoms with Crippen LogP contribution >= 0.6 is 22.7 Å². The van der Waals surface area contributed by atoms with Gasteiger partial charge in [-0.05, 0) is 35.2 Å². The summed E-state index contributed by atoms with van der Waals surface area (Å²) in [6, 6.07) is 5.57. The van der Waals surface area contributed by atoms with E-state index in [1.807, 2.05) is 16.8 Å². The standard InChI is InChI=1S/C16H12N2O2S2/c1-20-16(19)14(11-2-5-17-6-3-11)8-13-10-22-15(18-13)12-4-7-21-9-12/h2-10H,1H3/b14-8-. The zero-order valence-corrected chi connectivity index (χ0v) is 13.4. The molecule has 0 spiro atoms. The van der Waals surface area contributed by atoms with Crippen LogP contribution in [0.3, 0.4) is 0 Å². The monoisotopic (exact) mass is 328 g/mol. The molecule has 3 heterocycles. The number of carbonyl (C=O) groups excluding carboxylic acids is 1. The number of rotatable bonds is 4. The van der Waals surface area contributed by atoms with Crippen LogP contribution in [0.5, 0.6) is 0 Å². The van der Waals surface area contributed by atoms with E-state index >= 15 is 0 Å². The Kier molecular flexibility index (Phi) is 4.41. The van der Waals surface area contributed by atoms with Gasteiger partial charge in [-0.3, -0.25) is 4.98 Å². The normalized spacial score (nSPS) is 11.4. The molecular weight excluding hydrogens is 316 g/mol. The van der Waals surface area contributed by atoms with Crippen molar-refractivity contribution in [3.8, 4) is 10.6 Å². The van der Waals surface area contributed by atoms with Crippen molar-refractivity contribution in [2.75, 3.05) is 7.11 Å². The molecule has 0 saturated heterocycles. The number of thiazole rings is 1. The molecule has 4 nitrogen and oxygen atoms in total. The molecule has 0 amide bonds. The molecule has 0 radical (unpaired) electrons. The molecule has 3 aromatic rings. The molecule has 0 aliphatic heterocycles. The molecule has 3 rings (SSSR count). The Morgan fingerprint density at radius 2 is 2.05 bits per heavy atom. The molecule has 22 heavy (non-hydrogen) atoms. The first-order valence-corrected chi connectivity index (χ1v) is 8.28. The van der Waals surface area contributed by atoms with Crippen molar-refractivity contribution in [1.82, 2.24) is 9.97 Å². The fourth-order valence-electron chi connectivity index (χ4n) is 1.92. The number of esters is 1. The van der Waals surface area contributed by atoms with Gasteiger partial charge in [-0.25, -0.2) is 9.78 Å². The zero-order valence-electron chi connectivity index (χ0n) is 11.7. The summed E-state index contributed by atoms with van der Waals surface area (Å²) < 4.78 is 4.87. The predicted octanol–water partition coefficient (Wildman–Crippen LogP) is 3.98. The number of nitrogens with zero attached hydrogens (tertiary/aromatic N) is 2. The summed E-state index contributed by atoms with van der Waals surface area (Å²) in [6.45, 7) is 0. The summed E-state index contributed by atoms with van der Waals surface area (Å²) in [5.74, 6) is -0.392. The van der Waals surface area contributed by atoms with Gasteiger partial charge < -0.3 is 4.74 Å². The highest BCUT2D eigenvalue weighted by atomic mass is 32.1. The quantitative estimate of drug-likeness (QED) is 0.537. The van der Waals surface area contributed by atoms with Gasteiger partial charge in [0.15, 0.2) is 0 Å². The zero-order chi connectivity index (χ0) is 15.4. The molecule has 0 bridgehead atoms. The number of carbonyl (C=O) groups is 1. The first kappa shape index (κ1) is 14.6. The van der Waals surface area contributed by atoms with Crippen molar-refractivity contribution in [1.29, 1.82) is 0 Å². The molecule has 0 fully saturated rings. The molecule has 6 heteroatoms. The number of pyridine rings is 1. The van der Waals surface area contributed by atoms with E-state index in [1.54, 1.807) is 53.3 Å². The van der Waals surface area contributed by atoms with Crippen molar-refractivity contribution >= 4 is 40.3 Å². The van der Waals surface area contributed by atoms with Crippen molar-refractivity contribution in [2.45, 2.75) is 0 Å². The SMILES string of the molecule is COC(=O)/C(=C\c1csc(-c2ccsc2)n1)c1ccncc1. The van der Waals surface area contributed by atoms with Crippen LogP contribution in [0.15, 0.2) is 46.7 Å². The Labute approximate surface area is 135 Å². The van der Waals surface area contributed by atoms with Gasteiger partial charge in [0.25, 0.3) is 0 Å². The minimum absolute atomic E-state index is 0.392. The van der Waals surface area contributed by atoms with Gasteiger partial charge in [0, 0.05) is 28.7 Å². The maximum Gasteiger partial charge on any atom is 0.338 e. The van der Waals surface area contributed by atoms with Crippen molar-refractivity contribution < 1.29 is 9.53 Å². The largest absolute Gasteiger partial charge is 0.465 e. The first-order valence-electron chi connectivity index (χ1n) is 6.46. The van der Waals surface area contributed by atoms with E-state index < -0.39 is 5.97 Å². The summed E-state index contributed by atoms with van der Waals surface area (Å²) in [6.07, 6.45) is 5.03. The minimum atomic E-state index is -0.392. The second kappa shape index (κ2) is 6.64. The average Bonchev–Trinajstić information content (AvgIpc) is 3.24. The minimum Gasteiger partial charge on any atom is -0.465 e. The van der Waals surface area contributed by atoms with E-state index in [-0.39, 0.29) is 0 Å². The second-order valence-corrected chi connectivity index (χ2v) is 6.01. The van der Waals surface area contributed by atoms with Crippen molar-refractivity contribution in [3.63, 3.8) is 0 Å². The predicted molar refractivity (Wildman–Crippen MR) is 89.6 cm³/mol. The van der Waals surface area contributed by atoms with Crippen LogP contribution in [-0.4, -0.2) is 23.0 Å². The molecule has 0 aliphatic carbocycles. The molecule has 0 atom stereocenters. The third-order valence-electron chi connectivity index (χ3n) is 2.98. The van der Waals surface area contributed by atoms with Gasteiger partial charge in [-0.15, -0.1) is 11.3 Å². The molecule has 0 N–H and O–H groups in total. The summed E-state index contributed by atoms with van der Waals surface area (Å²) in [4.78, 5) is 20.5. The van der Waals surface area contributed by atoms with E-state index in [1.165, 1.54) is 7.11 Å². The fraction of sp³-hybridized carbons (Fsp3) is 0.0625. The molecular formula is C16H12N2O2S2. The number of thiophene rings is 1. The Morgan fingerprint density at radius 3 is 2.73 bits per heavy atom. The fourth-order valence-corrected chi connectivity index (χ4v) is 3.41. The van der Waals surface area contributed by atoms with Crippen molar-refractivity contribution in [3.05, 3.63) is 58.0 Å². The van der Waals surface area contributed by atoms with Crippen LogP contribution in [0.1, 0.15) is 11.3 Å². The second-order valence-electron chi connectivity index (χ2n) is 4.38. The van der Waals surface area contributed by atoms with Crippen LogP contribution < -0.4 is 0 Å². The van der Waals surface area contributed by atoms with Gasteiger partial charge in [-0.2, -0.15) is 11.3 Å². The lowest BCUT2D eigenvalue weighted by Crippen LogP contribution is -2.04. The highest BCUT2D eigenvalue weighted by molar-refractivity contribution is 7.14. The Balaban J connectivity index is 1.98.